The Morgan fingerprint density at radius 3 is 2.66 bits per heavy atom. The Morgan fingerprint density at radius 2 is 1.97 bits per heavy atom. The molecule has 1 aliphatic rings. The number of nitrogens with zero attached hydrogens (tertiary/aromatic N) is 4. The number of methoxy groups -OCH3 is 1. The third-order valence-electron chi connectivity index (χ3n) is 5.49. The molecule has 0 aliphatic carbocycles. The quantitative estimate of drug-likeness (QED) is 0.635. The zero-order chi connectivity index (χ0) is 20.7. The van der Waals surface area contributed by atoms with Crippen LogP contribution in [0.2, 0.25) is 5.02 Å². The summed E-state index contributed by atoms with van der Waals surface area (Å²) >= 11 is 6.73. The maximum atomic E-state index is 13.2. The van der Waals surface area contributed by atoms with Gasteiger partial charge in [0, 0.05) is 25.4 Å². The van der Waals surface area contributed by atoms with E-state index in [9.17, 15) is 4.79 Å². The molecule has 0 bridgehead atoms. The maximum absolute atomic E-state index is 13.2. The minimum Gasteiger partial charge on any atom is -0.497 e. The zero-order valence-corrected chi connectivity index (χ0v) is 17.9. The van der Waals surface area contributed by atoms with Gasteiger partial charge in [-0.25, -0.2) is 9.67 Å². The van der Waals surface area contributed by atoms with E-state index in [2.05, 4.69) is 23.9 Å². The molecule has 1 fully saturated rings. The van der Waals surface area contributed by atoms with Gasteiger partial charge < -0.3 is 9.64 Å². The van der Waals surface area contributed by atoms with Gasteiger partial charge in [-0.1, -0.05) is 31.5 Å². The Kier molecular flexibility index (Phi) is 5.21. The standard InChI is InChI=1S/C22H25ClN4O2/c1-13-8-14(2)12-26(11-13)22(28)18-10-24-21-19(20(18)23)15(3)25-27(21)16-6-5-7-17(9-16)29-4/h5-7,9-10,13-14H,8,11-12H2,1-4H3/t13-,14+. The molecule has 29 heavy (non-hydrogen) atoms. The molecule has 152 valence electrons. The van der Waals surface area contributed by atoms with Crippen LogP contribution in [0.15, 0.2) is 30.5 Å². The summed E-state index contributed by atoms with van der Waals surface area (Å²) < 4.78 is 7.05. The number of aromatic nitrogens is 3. The van der Waals surface area contributed by atoms with Gasteiger partial charge in [-0.2, -0.15) is 5.10 Å². The number of carbonyl (C=O) groups is 1. The highest BCUT2D eigenvalue weighted by Crippen LogP contribution is 2.32. The molecule has 1 aliphatic heterocycles. The van der Waals surface area contributed by atoms with Gasteiger partial charge in [0.1, 0.15) is 5.75 Å². The molecule has 1 amide bonds. The van der Waals surface area contributed by atoms with E-state index in [0.29, 0.717) is 33.5 Å². The lowest BCUT2D eigenvalue weighted by molar-refractivity contribution is 0.0623. The second kappa shape index (κ2) is 7.67. The molecule has 2 atom stereocenters. The van der Waals surface area contributed by atoms with E-state index >= 15 is 0 Å². The summed E-state index contributed by atoms with van der Waals surface area (Å²) in [5.41, 5.74) is 2.62. The highest BCUT2D eigenvalue weighted by atomic mass is 35.5. The molecule has 3 aromatic rings. The molecule has 0 unspecified atom stereocenters. The number of fused-ring (bicyclic) bond motifs is 1. The van der Waals surface area contributed by atoms with Crippen molar-refractivity contribution in [2.75, 3.05) is 20.2 Å². The summed E-state index contributed by atoms with van der Waals surface area (Å²) in [6, 6.07) is 7.59. The van der Waals surface area contributed by atoms with E-state index < -0.39 is 0 Å². The fourth-order valence-corrected chi connectivity index (χ4v) is 4.63. The molecule has 6 nitrogen and oxygen atoms in total. The molecule has 0 radical (unpaired) electrons. The number of hydrogen-bond donors (Lipinski definition) is 0. The van der Waals surface area contributed by atoms with Crippen LogP contribution >= 0.6 is 11.6 Å². The summed E-state index contributed by atoms with van der Waals surface area (Å²) in [7, 11) is 1.63. The summed E-state index contributed by atoms with van der Waals surface area (Å²) in [5.74, 6) is 1.64. The van der Waals surface area contributed by atoms with E-state index in [0.717, 1.165) is 36.6 Å². The van der Waals surface area contributed by atoms with Gasteiger partial charge in [0.2, 0.25) is 0 Å². The molecule has 1 saturated heterocycles. The number of piperidine rings is 1. The number of carbonyl (C=O) groups excluding carboxylic acids is 1. The normalized spacial score (nSPS) is 19.6. The fourth-order valence-electron chi connectivity index (χ4n) is 4.28. The van der Waals surface area contributed by atoms with Gasteiger partial charge >= 0.3 is 0 Å². The monoisotopic (exact) mass is 412 g/mol. The Balaban J connectivity index is 1.77. The van der Waals surface area contributed by atoms with Gasteiger partial charge in [0.25, 0.3) is 5.91 Å². The van der Waals surface area contributed by atoms with Crippen molar-refractivity contribution in [2.24, 2.45) is 11.8 Å². The lowest BCUT2D eigenvalue weighted by Gasteiger charge is -2.35. The molecule has 7 heteroatoms. The third kappa shape index (κ3) is 3.57. The molecule has 0 N–H and O–H groups in total. The molecular weight excluding hydrogens is 388 g/mol. The van der Waals surface area contributed by atoms with Crippen molar-refractivity contribution in [3.8, 4) is 11.4 Å². The summed E-state index contributed by atoms with van der Waals surface area (Å²) in [6.45, 7) is 7.74. The third-order valence-corrected chi connectivity index (χ3v) is 5.88. The average molecular weight is 413 g/mol. The largest absolute Gasteiger partial charge is 0.497 e. The molecule has 4 rings (SSSR count). The molecule has 0 saturated carbocycles. The number of amides is 1. The molecule has 1 aromatic carbocycles. The zero-order valence-electron chi connectivity index (χ0n) is 17.1. The first-order chi connectivity index (χ1) is 13.9. The number of pyridine rings is 1. The number of rotatable bonds is 3. The molecule has 0 spiro atoms. The van der Waals surface area contributed by atoms with Crippen LogP contribution < -0.4 is 4.74 Å². The number of benzene rings is 1. The van der Waals surface area contributed by atoms with E-state index in [-0.39, 0.29) is 5.91 Å². The van der Waals surface area contributed by atoms with Crippen LogP contribution in [-0.2, 0) is 0 Å². The van der Waals surface area contributed by atoms with Crippen LogP contribution in [-0.4, -0.2) is 45.8 Å². The van der Waals surface area contributed by atoms with E-state index in [1.165, 1.54) is 0 Å². The predicted molar refractivity (Wildman–Crippen MR) is 114 cm³/mol. The van der Waals surface area contributed by atoms with Crippen molar-refractivity contribution < 1.29 is 9.53 Å². The van der Waals surface area contributed by atoms with Gasteiger partial charge in [-0.05, 0) is 37.3 Å². The minimum absolute atomic E-state index is 0.0590. The lowest BCUT2D eigenvalue weighted by atomic mass is 9.91. The second-order valence-electron chi connectivity index (χ2n) is 8.04. The van der Waals surface area contributed by atoms with E-state index in [4.69, 9.17) is 16.3 Å². The predicted octanol–water partition coefficient (Wildman–Crippen LogP) is 4.51. The Morgan fingerprint density at radius 1 is 1.24 bits per heavy atom. The Hall–Kier alpha value is -2.60. The Labute approximate surface area is 175 Å². The van der Waals surface area contributed by atoms with E-state index in [1.54, 1.807) is 18.0 Å². The van der Waals surface area contributed by atoms with Crippen LogP contribution in [0.3, 0.4) is 0 Å². The first-order valence-electron chi connectivity index (χ1n) is 9.86. The lowest BCUT2D eigenvalue weighted by Crippen LogP contribution is -2.42. The maximum Gasteiger partial charge on any atom is 0.256 e. The summed E-state index contributed by atoms with van der Waals surface area (Å²) in [4.78, 5) is 19.7. The van der Waals surface area contributed by atoms with Crippen molar-refractivity contribution in [1.82, 2.24) is 19.7 Å². The van der Waals surface area contributed by atoms with Crippen LogP contribution in [0.25, 0.3) is 16.7 Å². The van der Waals surface area contributed by atoms with Crippen LogP contribution in [0.5, 0.6) is 5.75 Å². The number of hydrogen-bond acceptors (Lipinski definition) is 4. The summed E-state index contributed by atoms with van der Waals surface area (Å²) in [5, 5.41) is 5.74. The number of ether oxygens (including phenoxy) is 1. The number of aryl methyl sites for hydroxylation is 1. The topological polar surface area (TPSA) is 60.3 Å². The van der Waals surface area contributed by atoms with Gasteiger partial charge in [0.05, 0.1) is 34.5 Å². The number of halogens is 1. The minimum atomic E-state index is -0.0590. The van der Waals surface area contributed by atoms with Crippen molar-refractivity contribution in [1.29, 1.82) is 0 Å². The van der Waals surface area contributed by atoms with Gasteiger partial charge in [-0.3, -0.25) is 4.79 Å². The van der Waals surface area contributed by atoms with E-state index in [1.807, 2.05) is 36.1 Å². The average Bonchev–Trinajstić information content (AvgIpc) is 3.04. The first kappa shape index (κ1) is 19.7. The highest BCUT2D eigenvalue weighted by Gasteiger charge is 2.29. The van der Waals surface area contributed by atoms with Crippen LogP contribution in [0.4, 0.5) is 0 Å². The molecule has 3 heterocycles. The Bertz CT molecular complexity index is 1070. The fraction of sp³-hybridized carbons (Fsp3) is 0.409. The smallest absolute Gasteiger partial charge is 0.256 e. The molecular formula is C22H25ClN4O2. The number of likely N-dealkylation sites (tertiary alicyclic amines) is 1. The second-order valence-corrected chi connectivity index (χ2v) is 8.42. The van der Waals surface area contributed by atoms with Crippen LogP contribution in [0.1, 0.15) is 36.3 Å². The molecule has 2 aromatic heterocycles. The highest BCUT2D eigenvalue weighted by molar-refractivity contribution is 6.38. The van der Waals surface area contributed by atoms with Crippen LogP contribution in [0, 0.1) is 18.8 Å². The van der Waals surface area contributed by atoms with Gasteiger partial charge in [-0.15, -0.1) is 0 Å². The van der Waals surface area contributed by atoms with Gasteiger partial charge in [0.15, 0.2) is 5.65 Å². The van der Waals surface area contributed by atoms with Crippen molar-refractivity contribution in [3.05, 3.63) is 46.7 Å². The summed E-state index contributed by atoms with van der Waals surface area (Å²) in [6.07, 6.45) is 2.72. The SMILES string of the molecule is COc1cccc(-n2nc(C)c3c(Cl)c(C(=O)N4C[C@H](C)C[C@H](C)C4)cnc32)c1. The van der Waals surface area contributed by atoms with Crippen molar-refractivity contribution >= 4 is 28.5 Å². The van der Waals surface area contributed by atoms with Crippen molar-refractivity contribution in [3.63, 3.8) is 0 Å². The van der Waals surface area contributed by atoms with Crippen molar-refractivity contribution in [2.45, 2.75) is 27.2 Å². The first-order valence-corrected chi connectivity index (χ1v) is 10.2.